The zero-order chi connectivity index (χ0) is 11.4. The molecular formula is C11H17ClO4. The second-order valence-electron chi connectivity index (χ2n) is 4.30. The Hall–Kier alpha value is -0.320. The van der Waals surface area contributed by atoms with Crippen LogP contribution in [0.3, 0.4) is 0 Å². The maximum absolute atomic E-state index is 11.9. The molecule has 0 saturated carbocycles. The Morgan fingerprint density at radius 1 is 1.12 bits per heavy atom. The molecule has 0 amide bonds. The summed E-state index contributed by atoms with van der Waals surface area (Å²) >= 11 is 6.23. The standard InChI is InChI=1S/C11H17ClO4/c12-11(3-7-15-8-4-11)16-10(13)9-1-5-14-6-2-9/h9H,1-8H2. The third kappa shape index (κ3) is 3.09. The molecule has 0 aromatic rings. The first-order chi connectivity index (χ1) is 7.70. The third-order valence-electron chi connectivity index (χ3n) is 3.08. The van der Waals surface area contributed by atoms with Gasteiger partial charge in [0.25, 0.3) is 0 Å². The molecule has 2 fully saturated rings. The molecule has 0 aromatic carbocycles. The molecule has 2 aliphatic rings. The van der Waals surface area contributed by atoms with Gasteiger partial charge in [-0.1, -0.05) is 11.6 Å². The van der Waals surface area contributed by atoms with Crippen LogP contribution in [-0.2, 0) is 19.0 Å². The van der Waals surface area contributed by atoms with Gasteiger partial charge in [-0.3, -0.25) is 4.79 Å². The van der Waals surface area contributed by atoms with E-state index in [1.807, 2.05) is 0 Å². The van der Waals surface area contributed by atoms with Gasteiger partial charge in [0.15, 0.2) is 5.06 Å². The van der Waals surface area contributed by atoms with Gasteiger partial charge in [-0.15, -0.1) is 0 Å². The smallest absolute Gasteiger partial charge is 0.310 e. The van der Waals surface area contributed by atoms with Crippen molar-refractivity contribution < 1.29 is 19.0 Å². The molecule has 2 saturated heterocycles. The zero-order valence-electron chi connectivity index (χ0n) is 9.25. The van der Waals surface area contributed by atoms with Gasteiger partial charge in [0, 0.05) is 26.1 Å². The van der Waals surface area contributed by atoms with Gasteiger partial charge in [0.05, 0.1) is 19.1 Å². The first kappa shape index (κ1) is 12.1. The summed E-state index contributed by atoms with van der Waals surface area (Å²) in [5.41, 5.74) is 0. The molecule has 16 heavy (non-hydrogen) atoms. The van der Waals surface area contributed by atoms with Crippen LogP contribution in [0.15, 0.2) is 0 Å². The minimum Gasteiger partial charge on any atom is -0.443 e. The highest BCUT2D eigenvalue weighted by atomic mass is 35.5. The molecule has 0 aromatic heterocycles. The Labute approximate surface area is 100 Å². The fourth-order valence-electron chi connectivity index (χ4n) is 1.98. The normalized spacial score (nSPS) is 26.3. The van der Waals surface area contributed by atoms with Crippen molar-refractivity contribution in [3.63, 3.8) is 0 Å². The summed E-state index contributed by atoms with van der Waals surface area (Å²) in [6.07, 6.45) is 2.62. The fraction of sp³-hybridized carbons (Fsp3) is 0.909. The molecule has 0 bridgehead atoms. The molecule has 2 heterocycles. The molecule has 0 spiro atoms. The minimum absolute atomic E-state index is 0.0489. The number of hydrogen-bond acceptors (Lipinski definition) is 4. The molecule has 0 N–H and O–H groups in total. The highest BCUT2D eigenvalue weighted by molar-refractivity contribution is 6.23. The Kier molecular flexibility index (Phi) is 4.05. The Morgan fingerprint density at radius 2 is 1.69 bits per heavy atom. The lowest BCUT2D eigenvalue weighted by Crippen LogP contribution is -2.38. The average molecular weight is 249 g/mol. The number of esters is 1. The number of alkyl halides is 1. The minimum atomic E-state index is -0.840. The molecule has 5 heteroatoms. The van der Waals surface area contributed by atoms with Crippen LogP contribution in [0.4, 0.5) is 0 Å². The highest BCUT2D eigenvalue weighted by Gasteiger charge is 2.36. The van der Waals surface area contributed by atoms with E-state index < -0.39 is 5.06 Å². The van der Waals surface area contributed by atoms with E-state index in [4.69, 9.17) is 25.8 Å². The SMILES string of the molecule is O=C(OC1(Cl)CCOCC1)C1CCOCC1. The lowest BCUT2D eigenvalue weighted by atomic mass is 10.0. The third-order valence-corrected chi connectivity index (χ3v) is 3.53. The predicted molar refractivity (Wildman–Crippen MR) is 58.3 cm³/mol. The second kappa shape index (κ2) is 5.34. The van der Waals surface area contributed by atoms with Crippen molar-refractivity contribution in [2.75, 3.05) is 26.4 Å². The van der Waals surface area contributed by atoms with Crippen molar-refractivity contribution in [3.05, 3.63) is 0 Å². The summed E-state index contributed by atoms with van der Waals surface area (Å²) in [7, 11) is 0. The number of halogens is 1. The number of carbonyl (C=O) groups is 1. The molecule has 0 atom stereocenters. The quantitative estimate of drug-likeness (QED) is 0.551. The van der Waals surface area contributed by atoms with Gasteiger partial charge in [0.1, 0.15) is 0 Å². The lowest BCUT2D eigenvalue weighted by molar-refractivity contribution is -0.165. The van der Waals surface area contributed by atoms with E-state index in [0.29, 0.717) is 39.3 Å². The van der Waals surface area contributed by atoms with Crippen molar-refractivity contribution in [1.82, 2.24) is 0 Å². The Morgan fingerprint density at radius 3 is 2.31 bits per heavy atom. The Balaban J connectivity index is 1.85. The number of ether oxygens (including phenoxy) is 3. The number of hydrogen-bond donors (Lipinski definition) is 0. The molecular weight excluding hydrogens is 232 g/mol. The largest absolute Gasteiger partial charge is 0.443 e. The van der Waals surface area contributed by atoms with Gasteiger partial charge in [-0.2, -0.15) is 0 Å². The monoisotopic (exact) mass is 248 g/mol. The molecule has 0 aliphatic carbocycles. The zero-order valence-corrected chi connectivity index (χ0v) is 10.0. The van der Waals surface area contributed by atoms with Crippen LogP contribution in [0, 0.1) is 5.92 Å². The van der Waals surface area contributed by atoms with Gasteiger partial charge in [-0.05, 0) is 12.8 Å². The molecule has 0 unspecified atom stereocenters. The summed E-state index contributed by atoms with van der Waals surface area (Å²) in [6, 6.07) is 0. The van der Waals surface area contributed by atoms with Gasteiger partial charge < -0.3 is 14.2 Å². The van der Waals surface area contributed by atoms with Crippen LogP contribution < -0.4 is 0 Å². The average Bonchev–Trinajstić information content (AvgIpc) is 2.30. The lowest BCUT2D eigenvalue weighted by Gasteiger charge is -2.32. The summed E-state index contributed by atoms with van der Waals surface area (Å²) in [5, 5.41) is -0.840. The van der Waals surface area contributed by atoms with E-state index in [1.165, 1.54) is 0 Å². The van der Waals surface area contributed by atoms with Crippen molar-refractivity contribution >= 4 is 17.6 Å². The van der Waals surface area contributed by atoms with E-state index in [-0.39, 0.29) is 11.9 Å². The maximum atomic E-state index is 11.9. The summed E-state index contributed by atoms with van der Waals surface area (Å²) in [6.45, 7) is 2.39. The number of rotatable bonds is 2. The number of carbonyl (C=O) groups excluding carboxylic acids is 1. The molecule has 0 radical (unpaired) electrons. The van der Waals surface area contributed by atoms with Gasteiger partial charge in [0.2, 0.25) is 0 Å². The van der Waals surface area contributed by atoms with E-state index in [1.54, 1.807) is 0 Å². The van der Waals surface area contributed by atoms with Crippen molar-refractivity contribution in [2.45, 2.75) is 30.7 Å². The van der Waals surface area contributed by atoms with Crippen LogP contribution in [0.2, 0.25) is 0 Å². The molecule has 92 valence electrons. The van der Waals surface area contributed by atoms with Crippen molar-refractivity contribution in [1.29, 1.82) is 0 Å². The van der Waals surface area contributed by atoms with Crippen molar-refractivity contribution in [3.8, 4) is 0 Å². The Bertz CT molecular complexity index is 244. The second-order valence-corrected chi connectivity index (χ2v) is 4.99. The maximum Gasteiger partial charge on any atom is 0.310 e. The predicted octanol–water partition coefficient (Wildman–Crippen LogP) is 1.70. The van der Waals surface area contributed by atoms with E-state index in [0.717, 1.165) is 12.8 Å². The van der Waals surface area contributed by atoms with Gasteiger partial charge >= 0.3 is 5.97 Å². The highest BCUT2D eigenvalue weighted by Crippen LogP contribution is 2.31. The molecule has 2 aliphatic heterocycles. The summed E-state index contributed by atoms with van der Waals surface area (Å²) in [5.74, 6) is -0.229. The summed E-state index contributed by atoms with van der Waals surface area (Å²) < 4.78 is 15.8. The summed E-state index contributed by atoms with van der Waals surface area (Å²) in [4.78, 5) is 11.9. The first-order valence-electron chi connectivity index (χ1n) is 5.77. The van der Waals surface area contributed by atoms with Crippen LogP contribution in [0.5, 0.6) is 0 Å². The van der Waals surface area contributed by atoms with Gasteiger partial charge in [-0.25, -0.2) is 0 Å². The van der Waals surface area contributed by atoms with Crippen LogP contribution in [-0.4, -0.2) is 37.5 Å². The van der Waals surface area contributed by atoms with Crippen LogP contribution in [0.1, 0.15) is 25.7 Å². The molecule has 4 nitrogen and oxygen atoms in total. The van der Waals surface area contributed by atoms with E-state index >= 15 is 0 Å². The first-order valence-corrected chi connectivity index (χ1v) is 6.15. The van der Waals surface area contributed by atoms with E-state index in [9.17, 15) is 4.79 Å². The van der Waals surface area contributed by atoms with Crippen molar-refractivity contribution in [2.24, 2.45) is 5.92 Å². The topological polar surface area (TPSA) is 44.8 Å². The van der Waals surface area contributed by atoms with Crippen LogP contribution >= 0.6 is 11.6 Å². The molecule has 2 rings (SSSR count). The van der Waals surface area contributed by atoms with E-state index in [2.05, 4.69) is 0 Å². The van der Waals surface area contributed by atoms with Crippen LogP contribution in [0.25, 0.3) is 0 Å². The fourth-order valence-corrected chi connectivity index (χ4v) is 2.21.